The van der Waals surface area contributed by atoms with E-state index in [1.54, 1.807) is 0 Å². The van der Waals surface area contributed by atoms with Crippen LogP contribution in [-0.4, -0.2) is 36.2 Å². The van der Waals surface area contributed by atoms with E-state index in [0.29, 0.717) is 6.54 Å². The number of carbonyl (C=O) groups is 2. The van der Waals surface area contributed by atoms with Gasteiger partial charge in [-0.15, -0.1) is 0 Å². The molecule has 0 aromatic carbocycles. The molecule has 0 saturated carbocycles. The first-order valence-electron chi connectivity index (χ1n) is 11.4. The molecule has 0 aliphatic rings. The Labute approximate surface area is 172 Å². The van der Waals surface area contributed by atoms with Crippen molar-refractivity contribution in [2.75, 3.05) is 13.1 Å². The first-order valence-corrected chi connectivity index (χ1v) is 11.4. The van der Waals surface area contributed by atoms with E-state index in [-0.39, 0.29) is 6.42 Å². The summed E-state index contributed by atoms with van der Waals surface area (Å²) in [5, 5.41) is 12.9. The molecule has 1 atom stereocenters. The van der Waals surface area contributed by atoms with Gasteiger partial charge in [-0.3, -0.25) is 4.79 Å². The smallest absolute Gasteiger partial charge is 0.337 e. The second-order valence-electron chi connectivity index (χ2n) is 7.66. The molecule has 0 amide bonds. The van der Waals surface area contributed by atoms with Crippen molar-refractivity contribution in [2.24, 2.45) is 0 Å². The summed E-state index contributed by atoms with van der Waals surface area (Å²) < 4.78 is 4.42. The van der Waals surface area contributed by atoms with Crippen molar-refractivity contribution < 1.29 is 19.4 Å². The summed E-state index contributed by atoms with van der Waals surface area (Å²) >= 11 is 0. The third-order valence-electron chi connectivity index (χ3n) is 4.87. The van der Waals surface area contributed by atoms with Crippen LogP contribution in [0.1, 0.15) is 103 Å². The van der Waals surface area contributed by atoms with Crippen LogP contribution in [0.2, 0.25) is 0 Å². The average molecular weight is 398 g/mol. The van der Waals surface area contributed by atoms with Crippen molar-refractivity contribution >= 4 is 11.9 Å². The summed E-state index contributed by atoms with van der Waals surface area (Å²) in [4.78, 5) is 22.2. The van der Waals surface area contributed by atoms with E-state index in [1.165, 1.54) is 83.5 Å². The molecule has 0 radical (unpaired) electrons. The highest BCUT2D eigenvalue weighted by Crippen LogP contribution is 2.12. The molecule has 1 unspecified atom stereocenters. The molecule has 0 bridgehead atoms. The Kier molecular flexibility index (Phi) is 19.7. The van der Waals surface area contributed by atoms with E-state index in [2.05, 4.69) is 23.6 Å². The summed E-state index contributed by atoms with van der Waals surface area (Å²) in [6.45, 7) is 6.64. The van der Waals surface area contributed by atoms with Crippen LogP contribution in [0.3, 0.4) is 0 Å². The topological polar surface area (TPSA) is 75.6 Å². The number of hydrogen-bond donors (Lipinski definition) is 2. The van der Waals surface area contributed by atoms with E-state index in [4.69, 9.17) is 0 Å². The lowest BCUT2D eigenvalue weighted by Crippen LogP contribution is -2.30. The van der Waals surface area contributed by atoms with Crippen LogP contribution < -0.4 is 5.32 Å². The fraction of sp³-hybridized carbons (Fsp3) is 0.826. The lowest BCUT2D eigenvalue weighted by molar-refractivity contribution is -0.157. The van der Waals surface area contributed by atoms with Crippen LogP contribution in [0.5, 0.6) is 0 Å². The Bertz CT molecular complexity index is 398. The maximum atomic E-state index is 11.3. The highest BCUT2D eigenvalue weighted by Gasteiger charge is 2.13. The quantitative estimate of drug-likeness (QED) is 0.130. The standard InChI is InChI=1S/C23H43NO4/c1-3-5-6-7-8-9-10-11-12-13-14-15-16-17-18-24-20-21(25)19-23(27)28-22(26)4-2/h4,21,24-25H,2-3,5-20H2,1H3. The van der Waals surface area contributed by atoms with Crippen LogP contribution in [0.4, 0.5) is 0 Å². The molecule has 0 saturated heterocycles. The van der Waals surface area contributed by atoms with Gasteiger partial charge in [-0.25, -0.2) is 4.79 Å². The maximum absolute atomic E-state index is 11.3. The average Bonchev–Trinajstić information content (AvgIpc) is 2.67. The van der Waals surface area contributed by atoms with Gasteiger partial charge < -0.3 is 15.2 Å². The van der Waals surface area contributed by atoms with Gasteiger partial charge in [-0.1, -0.05) is 97.0 Å². The lowest BCUT2D eigenvalue weighted by Gasteiger charge is -2.10. The first kappa shape index (κ1) is 26.8. The Hall–Kier alpha value is -1.20. The van der Waals surface area contributed by atoms with Gasteiger partial charge in [0, 0.05) is 12.6 Å². The molecule has 5 heteroatoms. The van der Waals surface area contributed by atoms with E-state index >= 15 is 0 Å². The highest BCUT2D eigenvalue weighted by molar-refractivity contribution is 5.91. The molecule has 0 aromatic heterocycles. The molecule has 0 rings (SSSR count). The highest BCUT2D eigenvalue weighted by atomic mass is 16.6. The summed E-state index contributed by atoms with van der Waals surface area (Å²) in [5.41, 5.74) is 0. The normalized spacial score (nSPS) is 11.9. The van der Waals surface area contributed by atoms with Gasteiger partial charge in [0.1, 0.15) is 0 Å². The van der Waals surface area contributed by atoms with Gasteiger partial charge in [0.2, 0.25) is 0 Å². The number of unbranched alkanes of at least 4 members (excludes halogenated alkanes) is 13. The third-order valence-corrected chi connectivity index (χ3v) is 4.87. The minimum atomic E-state index is -0.836. The zero-order valence-electron chi connectivity index (χ0n) is 18.1. The maximum Gasteiger partial charge on any atom is 0.337 e. The van der Waals surface area contributed by atoms with Crippen LogP contribution in [0.15, 0.2) is 12.7 Å². The minimum Gasteiger partial charge on any atom is -0.391 e. The predicted octanol–water partition coefficient (Wildman–Crippen LogP) is 5.06. The van der Waals surface area contributed by atoms with Gasteiger partial charge >= 0.3 is 11.9 Å². The monoisotopic (exact) mass is 397 g/mol. The molecule has 28 heavy (non-hydrogen) atoms. The van der Waals surface area contributed by atoms with Gasteiger partial charge in [0.25, 0.3) is 0 Å². The predicted molar refractivity (Wildman–Crippen MR) is 115 cm³/mol. The van der Waals surface area contributed by atoms with Crippen molar-refractivity contribution in [3.63, 3.8) is 0 Å². The number of aliphatic hydroxyl groups excluding tert-OH is 1. The second kappa shape index (κ2) is 20.5. The lowest BCUT2D eigenvalue weighted by atomic mass is 10.0. The van der Waals surface area contributed by atoms with Crippen molar-refractivity contribution in [1.82, 2.24) is 5.32 Å². The number of carbonyl (C=O) groups excluding carboxylic acids is 2. The number of aliphatic hydroxyl groups is 1. The molecule has 2 N–H and O–H groups in total. The SMILES string of the molecule is C=CC(=O)OC(=O)CC(O)CNCCCCCCCCCCCCCCCC. The van der Waals surface area contributed by atoms with Crippen molar-refractivity contribution in [3.05, 3.63) is 12.7 Å². The third kappa shape index (κ3) is 19.6. The van der Waals surface area contributed by atoms with Gasteiger partial charge in [0.15, 0.2) is 0 Å². The zero-order valence-corrected chi connectivity index (χ0v) is 18.1. The van der Waals surface area contributed by atoms with E-state index in [0.717, 1.165) is 19.0 Å². The summed E-state index contributed by atoms with van der Waals surface area (Å²) in [6, 6.07) is 0. The molecule has 0 aromatic rings. The number of ether oxygens (including phenoxy) is 1. The van der Waals surface area contributed by atoms with Crippen LogP contribution in [0, 0.1) is 0 Å². The molecule has 164 valence electrons. The van der Waals surface area contributed by atoms with E-state index < -0.39 is 18.0 Å². The molecule has 0 aliphatic heterocycles. The summed E-state index contributed by atoms with van der Waals surface area (Å²) in [7, 11) is 0. The van der Waals surface area contributed by atoms with Crippen molar-refractivity contribution in [1.29, 1.82) is 0 Å². The van der Waals surface area contributed by atoms with Crippen LogP contribution in [-0.2, 0) is 14.3 Å². The molecule has 0 spiro atoms. The van der Waals surface area contributed by atoms with Gasteiger partial charge in [-0.05, 0) is 13.0 Å². The Morgan fingerprint density at radius 2 is 1.36 bits per heavy atom. The summed E-state index contributed by atoms with van der Waals surface area (Å²) in [5.74, 6) is -1.51. The second-order valence-corrected chi connectivity index (χ2v) is 7.66. The van der Waals surface area contributed by atoms with E-state index in [1.807, 2.05) is 0 Å². The largest absolute Gasteiger partial charge is 0.391 e. The molecule has 5 nitrogen and oxygen atoms in total. The molecule has 0 heterocycles. The Morgan fingerprint density at radius 3 is 1.82 bits per heavy atom. The van der Waals surface area contributed by atoms with Gasteiger partial charge in [0.05, 0.1) is 12.5 Å². The van der Waals surface area contributed by atoms with Crippen LogP contribution >= 0.6 is 0 Å². The van der Waals surface area contributed by atoms with E-state index in [9.17, 15) is 14.7 Å². The van der Waals surface area contributed by atoms with Crippen LogP contribution in [0.25, 0.3) is 0 Å². The zero-order chi connectivity index (χ0) is 20.9. The number of esters is 2. The molecule has 0 fully saturated rings. The molecular formula is C23H43NO4. The fourth-order valence-corrected chi connectivity index (χ4v) is 3.17. The number of hydrogen-bond acceptors (Lipinski definition) is 5. The molecular weight excluding hydrogens is 354 g/mol. The number of nitrogens with one attached hydrogen (secondary N) is 1. The minimum absolute atomic E-state index is 0.189. The number of rotatable bonds is 20. The van der Waals surface area contributed by atoms with Crippen molar-refractivity contribution in [2.45, 2.75) is 109 Å². The van der Waals surface area contributed by atoms with Crippen molar-refractivity contribution in [3.8, 4) is 0 Å². The Morgan fingerprint density at radius 1 is 0.893 bits per heavy atom. The summed E-state index contributed by atoms with van der Waals surface area (Å²) in [6.07, 6.45) is 18.6. The Balaban J connectivity index is 3.26. The molecule has 0 aliphatic carbocycles. The fourth-order valence-electron chi connectivity index (χ4n) is 3.17. The van der Waals surface area contributed by atoms with Gasteiger partial charge in [-0.2, -0.15) is 0 Å². The first-order chi connectivity index (χ1) is 13.6.